The molecule has 0 fully saturated rings. The standard InChI is InChI=1S/C17H23N3/c1-3-20(13-16-6-4-5-11-19-16)17-8-7-14(2)12-15(17)9-10-18/h4-8,11-12H,3,9-10,13,18H2,1-2H3. The highest BCUT2D eigenvalue weighted by Gasteiger charge is 2.10. The molecule has 106 valence electrons. The highest BCUT2D eigenvalue weighted by Crippen LogP contribution is 2.23. The first kappa shape index (κ1) is 14.5. The molecule has 1 aromatic heterocycles. The number of pyridine rings is 1. The molecule has 0 unspecified atom stereocenters. The van der Waals surface area contributed by atoms with E-state index < -0.39 is 0 Å². The summed E-state index contributed by atoms with van der Waals surface area (Å²) in [4.78, 5) is 6.77. The van der Waals surface area contributed by atoms with Crippen molar-refractivity contribution in [3.63, 3.8) is 0 Å². The first-order chi connectivity index (χ1) is 9.74. The molecule has 3 heteroatoms. The molecule has 0 atom stereocenters. The Hall–Kier alpha value is -1.87. The molecule has 0 saturated heterocycles. The maximum Gasteiger partial charge on any atom is 0.0601 e. The van der Waals surface area contributed by atoms with Gasteiger partial charge in [-0.2, -0.15) is 0 Å². The van der Waals surface area contributed by atoms with Gasteiger partial charge in [0.2, 0.25) is 0 Å². The van der Waals surface area contributed by atoms with E-state index in [1.54, 1.807) is 0 Å². The molecule has 0 amide bonds. The van der Waals surface area contributed by atoms with Crippen LogP contribution in [0.4, 0.5) is 5.69 Å². The fraction of sp³-hybridized carbons (Fsp3) is 0.353. The van der Waals surface area contributed by atoms with Crippen LogP contribution in [0.25, 0.3) is 0 Å². The number of nitrogens with zero attached hydrogens (tertiary/aromatic N) is 2. The number of hydrogen-bond acceptors (Lipinski definition) is 3. The van der Waals surface area contributed by atoms with Crippen molar-refractivity contribution in [1.82, 2.24) is 4.98 Å². The van der Waals surface area contributed by atoms with Crippen LogP contribution in [0.15, 0.2) is 42.6 Å². The molecule has 0 bridgehead atoms. The topological polar surface area (TPSA) is 42.2 Å². The summed E-state index contributed by atoms with van der Waals surface area (Å²) in [6.07, 6.45) is 2.76. The largest absolute Gasteiger partial charge is 0.366 e. The lowest BCUT2D eigenvalue weighted by Gasteiger charge is -2.26. The Morgan fingerprint density at radius 2 is 2.05 bits per heavy atom. The molecule has 2 N–H and O–H groups in total. The van der Waals surface area contributed by atoms with Gasteiger partial charge in [0, 0.05) is 18.4 Å². The molecule has 0 aliphatic heterocycles. The van der Waals surface area contributed by atoms with Gasteiger partial charge in [0.05, 0.1) is 12.2 Å². The first-order valence-electron chi connectivity index (χ1n) is 7.19. The number of anilines is 1. The normalized spacial score (nSPS) is 10.6. The summed E-state index contributed by atoms with van der Waals surface area (Å²) in [6, 6.07) is 12.7. The van der Waals surface area contributed by atoms with Gasteiger partial charge in [-0.05, 0) is 50.6 Å². The van der Waals surface area contributed by atoms with E-state index in [4.69, 9.17) is 5.73 Å². The molecule has 0 radical (unpaired) electrons. The minimum atomic E-state index is 0.678. The lowest BCUT2D eigenvalue weighted by Crippen LogP contribution is -2.24. The summed E-state index contributed by atoms with van der Waals surface area (Å²) in [5.74, 6) is 0. The van der Waals surface area contributed by atoms with Crippen LogP contribution >= 0.6 is 0 Å². The van der Waals surface area contributed by atoms with Crippen LogP contribution in [-0.4, -0.2) is 18.1 Å². The fourth-order valence-corrected chi connectivity index (χ4v) is 2.43. The number of nitrogens with two attached hydrogens (primary N) is 1. The molecule has 2 rings (SSSR count). The third-order valence-corrected chi connectivity index (χ3v) is 3.45. The highest BCUT2D eigenvalue weighted by atomic mass is 15.1. The molecule has 0 spiro atoms. The second kappa shape index (κ2) is 7.06. The predicted octanol–water partition coefficient (Wildman–Crippen LogP) is 2.92. The Balaban J connectivity index is 2.27. The van der Waals surface area contributed by atoms with Crippen molar-refractivity contribution in [2.75, 3.05) is 18.0 Å². The highest BCUT2D eigenvalue weighted by molar-refractivity contribution is 5.55. The number of rotatable bonds is 6. The van der Waals surface area contributed by atoms with Crippen LogP contribution in [0.2, 0.25) is 0 Å². The minimum absolute atomic E-state index is 0.678. The lowest BCUT2D eigenvalue weighted by molar-refractivity contribution is 0.799. The van der Waals surface area contributed by atoms with Crippen LogP contribution in [0, 0.1) is 6.92 Å². The van der Waals surface area contributed by atoms with Gasteiger partial charge in [-0.25, -0.2) is 0 Å². The van der Waals surface area contributed by atoms with E-state index in [0.29, 0.717) is 6.54 Å². The summed E-state index contributed by atoms with van der Waals surface area (Å²) in [5, 5.41) is 0. The van der Waals surface area contributed by atoms with E-state index in [9.17, 15) is 0 Å². The zero-order chi connectivity index (χ0) is 14.4. The second-order valence-corrected chi connectivity index (χ2v) is 5.01. The average molecular weight is 269 g/mol. The lowest BCUT2D eigenvalue weighted by atomic mass is 10.0. The van der Waals surface area contributed by atoms with Crippen molar-refractivity contribution in [3.05, 3.63) is 59.4 Å². The summed E-state index contributed by atoms with van der Waals surface area (Å²) in [7, 11) is 0. The van der Waals surface area contributed by atoms with Crippen molar-refractivity contribution < 1.29 is 0 Å². The monoisotopic (exact) mass is 269 g/mol. The van der Waals surface area contributed by atoms with E-state index >= 15 is 0 Å². The van der Waals surface area contributed by atoms with Crippen molar-refractivity contribution in [2.24, 2.45) is 5.73 Å². The summed E-state index contributed by atoms with van der Waals surface area (Å²) < 4.78 is 0. The molecule has 20 heavy (non-hydrogen) atoms. The Bertz CT molecular complexity index is 537. The molecule has 3 nitrogen and oxygen atoms in total. The summed E-state index contributed by atoms with van der Waals surface area (Å²) >= 11 is 0. The fourth-order valence-electron chi connectivity index (χ4n) is 2.43. The molecule has 1 aromatic carbocycles. The van der Waals surface area contributed by atoms with E-state index in [2.05, 4.69) is 48.0 Å². The predicted molar refractivity (Wildman–Crippen MR) is 84.9 cm³/mol. The van der Waals surface area contributed by atoms with E-state index in [1.165, 1.54) is 16.8 Å². The zero-order valence-electron chi connectivity index (χ0n) is 12.3. The van der Waals surface area contributed by atoms with Crippen molar-refractivity contribution in [1.29, 1.82) is 0 Å². The van der Waals surface area contributed by atoms with Gasteiger partial charge in [-0.3, -0.25) is 4.98 Å². The summed E-state index contributed by atoms with van der Waals surface area (Å²) in [6.45, 7) is 6.76. The van der Waals surface area contributed by atoms with E-state index in [0.717, 1.165) is 25.2 Å². The van der Waals surface area contributed by atoms with Gasteiger partial charge in [0.25, 0.3) is 0 Å². The molecular formula is C17H23N3. The van der Waals surface area contributed by atoms with Crippen molar-refractivity contribution in [3.8, 4) is 0 Å². The SMILES string of the molecule is CCN(Cc1ccccn1)c1ccc(C)cc1CCN. The Morgan fingerprint density at radius 1 is 1.20 bits per heavy atom. The number of aromatic nitrogens is 1. The van der Waals surface area contributed by atoms with Gasteiger partial charge in [-0.15, -0.1) is 0 Å². The van der Waals surface area contributed by atoms with Gasteiger partial charge in [0.1, 0.15) is 0 Å². The number of hydrogen-bond donors (Lipinski definition) is 1. The molecule has 0 aliphatic carbocycles. The molecule has 0 aliphatic rings. The maximum atomic E-state index is 5.74. The minimum Gasteiger partial charge on any atom is -0.366 e. The van der Waals surface area contributed by atoms with Crippen molar-refractivity contribution >= 4 is 5.69 Å². The molecule has 2 aromatic rings. The van der Waals surface area contributed by atoms with Gasteiger partial charge in [0.15, 0.2) is 0 Å². The zero-order valence-corrected chi connectivity index (χ0v) is 12.3. The van der Waals surface area contributed by atoms with Crippen LogP contribution in [-0.2, 0) is 13.0 Å². The second-order valence-electron chi connectivity index (χ2n) is 5.01. The maximum absolute atomic E-state index is 5.74. The molecule has 0 saturated carbocycles. The first-order valence-corrected chi connectivity index (χ1v) is 7.19. The third-order valence-electron chi connectivity index (χ3n) is 3.45. The smallest absolute Gasteiger partial charge is 0.0601 e. The van der Waals surface area contributed by atoms with Gasteiger partial charge in [-0.1, -0.05) is 23.8 Å². The van der Waals surface area contributed by atoms with E-state index in [-0.39, 0.29) is 0 Å². The van der Waals surface area contributed by atoms with E-state index in [1.807, 2.05) is 18.3 Å². The Labute approximate surface area is 121 Å². The van der Waals surface area contributed by atoms with Gasteiger partial charge >= 0.3 is 0 Å². The van der Waals surface area contributed by atoms with Gasteiger partial charge < -0.3 is 10.6 Å². The summed E-state index contributed by atoms with van der Waals surface area (Å²) in [5.41, 5.74) is 10.7. The third kappa shape index (κ3) is 3.58. The van der Waals surface area contributed by atoms with Crippen LogP contribution in [0.3, 0.4) is 0 Å². The quantitative estimate of drug-likeness (QED) is 0.876. The average Bonchev–Trinajstić information content (AvgIpc) is 2.47. The van der Waals surface area contributed by atoms with Crippen LogP contribution in [0.1, 0.15) is 23.7 Å². The van der Waals surface area contributed by atoms with Crippen LogP contribution < -0.4 is 10.6 Å². The Kier molecular flexibility index (Phi) is 5.13. The number of benzene rings is 1. The van der Waals surface area contributed by atoms with Crippen LogP contribution in [0.5, 0.6) is 0 Å². The van der Waals surface area contributed by atoms with Crippen molar-refractivity contribution in [2.45, 2.75) is 26.8 Å². The number of aryl methyl sites for hydroxylation is 1. The molecular weight excluding hydrogens is 246 g/mol. The molecule has 1 heterocycles. The Morgan fingerprint density at radius 3 is 2.70 bits per heavy atom.